The molecule has 314 valence electrons. The van der Waals surface area contributed by atoms with E-state index in [1.807, 2.05) is 12.1 Å². The fourth-order valence-corrected chi connectivity index (χ4v) is 8.61. The molecule has 0 radical (unpaired) electrons. The molecule has 0 aliphatic carbocycles. The van der Waals surface area contributed by atoms with Gasteiger partial charge in [0.15, 0.2) is 0 Å². The minimum absolute atomic E-state index is 0.00505. The van der Waals surface area contributed by atoms with Gasteiger partial charge >= 0.3 is 5.97 Å². The minimum Gasteiger partial charge on any atom is -0.478 e. The van der Waals surface area contributed by atoms with Crippen LogP contribution in [0.2, 0.25) is 0 Å². The van der Waals surface area contributed by atoms with Gasteiger partial charge in [0, 0.05) is 44.3 Å². The minimum atomic E-state index is -0.969. The molecular formula is C57H54N4O2. The summed E-state index contributed by atoms with van der Waals surface area (Å²) in [5.74, 6) is -0.969. The van der Waals surface area contributed by atoms with E-state index < -0.39 is 5.97 Å². The number of hydrogen-bond acceptors (Lipinski definition) is 3. The molecule has 6 nitrogen and oxygen atoms in total. The van der Waals surface area contributed by atoms with Gasteiger partial charge in [0.05, 0.1) is 28.3 Å². The van der Waals surface area contributed by atoms with Gasteiger partial charge in [-0.2, -0.15) is 0 Å². The summed E-state index contributed by atoms with van der Waals surface area (Å²) in [4.78, 5) is 30.6. The summed E-state index contributed by atoms with van der Waals surface area (Å²) in [5, 5.41) is 9.80. The summed E-state index contributed by atoms with van der Waals surface area (Å²) < 4.78 is 0. The highest BCUT2D eigenvalue weighted by Crippen LogP contribution is 2.40. The lowest BCUT2D eigenvalue weighted by Crippen LogP contribution is -2.10. The smallest absolute Gasteiger partial charge is 0.335 e. The Morgan fingerprint density at radius 2 is 0.619 bits per heavy atom. The zero-order chi connectivity index (χ0) is 44.4. The van der Waals surface area contributed by atoms with Crippen molar-refractivity contribution in [2.24, 2.45) is 0 Å². The number of carboxylic acids is 1. The van der Waals surface area contributed by atoms with Gasteiger partial charge in [-0.15, -0.1) is 0 Å². The summed E-state index contributed by atoms with van der Waals surface area (Å²) in [7, 11) is 0. The van der Waals surface area contributed by atoms with Crippen LogP contribution in [0.5, 0.6) is 0 Å². The topological polar surface area (TPSA) is 94.7 Å². The highest BCUT2D eigenvalue weighted by Gasteiger charge is 2.22. The first-order chi connectivity index (χ1) is 29.9. The molecule has 9 rings (SSSR count). The number of H-pyrrole nitrogens is 2. The molecule has 0 amide bonds. The number of fused-ring (bicyclic) bond motifs is 8. The Balaban J connectivity index is 1.42. The molecule has 3 aromatic heterocycles. The second-order valence-electron chi connectivity index (χ2n) is 19.9. The molecule has 3 N–H and O–H groups in total. The standard InChI is InChI=1S/C57H54N4O2/c1-55(2,3)39-20-14-35(15-21-39)51-44-28-26-42(58-44)50(34-10-12-38(13-11-34)54(62)63)43-27-29-45(59-43)52(36-16-22-40(23-17-36)56(4,5)6)47-31-33-49(61-47)53(48-32-30-46(51)60-48)37-18-24-41(25-19-37)57(7,8)9/h10-33,58,61H,1-9H3,(H,62,63). The van der Waals surface area contributed by atoms with Crippen LogP contribution in [0.25, 0.3) is 90.9 Å². The highest BCUT2D eigenvalue weighted by atomic mass is 16.4. The number of nitrogens with zero attached hydrogens (tertiary/aromatic N) is 2. The number of nitrogens with one attached hydrogen (secondary N) is 2. The average molecular weight is 827 g/mol. The van der Waals surface area contributed by atoms with Gasteiger partial charge in [-0.3, -0.25) is 0 Å². The molecular weight excluding hydrogens is 773 g/mol. The van der Waals surface area contributed by atoms with Crippen molar-refractivity contribution >= 4 is 52.3 Å². The average Bonchev–Trinajstić information content (AvgIpc) is 4.09. The molecule has 6 heteroatoms. The van der Waals surface area contributed by atoms with Crippen molar-refractivity contribution in [3.63, 3.8) is 0 Å². The monoisotopic (exact) mass is 826 g/mol. The zero-order valence-electron chi connectivity index (χ0n) is 37.6. The Labute approximate surface area is 370 Å². The van der Waals surface area contributed by atoms with Crippen LogP contribution in [-0.2, 0) is 16.2 Å². The van der Waals surface area contributed by atoms with Gasteiger partial charge in [0.25, 0.3) is 0 Å². The lowest BCUT2D eigenvalue weighted by Gasteiger charge is -2.19. The van der Waals surface area contributed by atoms with Crippen LogP contribution in [0.1, 0.15) is 112 Å². The lowest BCUT2D eigenvalue weighted by atomic mass is 9.86. The van der Waals surface area contributed by atoms with E-state index in [4.69, 9.17) is 9.97 Å². The number of carboxylic acid groups (broad SMARTS) is 1. The molecule has 0 unspecified atom stereocenters. The first-order valence-corrected chi connectivity index (χ1v) is 21.8. The van der Waals surface area contributed by atoms with E-state index in [-0.39, 0.29) is 21.8 Å². The third-order valence-electron chi connectivity index (χ3n) is 12.3. The van der Waals surface area contributed by atoms with Crippen LogP contribution in [0.15, 0.2) is 121 Å². The molecule has 2 aliphatic heterocycles. The number of rotatable bonds is 5. The molecule has 0 saturated heterocycles. The van der Waals surface area contributed by atoms with Crippen LogP contribution < -0.4 is 0 Å². The highest BCUT2D eigenvalue weighted by molar-refractivity contribution is 6.00. The lowest BCUT2D eigenvalue weighted by molar-refractivity contribution is 0.0697. The second-order valence-corrected chi connectivity index (χ2v) is 19.9. The molecule has 8 bridgehead atoms. The maximum absolute atomic E-state index is 12.0. The summed E-state index contributed by atoms with van der Waals surface area (Å²) in [6.07, 6.45) is 8.42. The summed E-state index contributed by atoms with van der Waals surface area (Å²) in [6, 6.07) is 42.1. The van der Waals surface area contributed by atoms with E-state index in [1.165, 1.54) is 16.7 Å². The number of hydrogen-bond donors (Lipinski definition) is 3. The van der Waals surface area contributed by atoms with Crippen LogP contribution in [0.3, 0.4) is 0 Å². The molecule has 4 aromatic carbocycles. The second kappa shape index (κ2) is 15.4. The normalized spacial score (nSPS) is 12.8. The van der Waals surface area contributed by atoms with Gasteiger partial charge in [-0.25, -0.2) is 14.8 Å². The molecule has 0 fully saturated rings. The Morgan fingerprint density at radius 3 is 0.841 bits per heavy atom. The van der Waals surface area contributed by atoms with Gasteiger partial charge in [0.1, 0.15) is 0 Å². The Bertz CT molecular complexity index is 3080. The molecule has 7 aromatic rings. The molecule has 0 atom stereocenters. The van der Waals surface area contributed by atoms with Crippen LogP contribution in [0.4, 0.5) is 0 Å². The number of aromatic carboxylic acids is 1. The Hall–Kier alpha value is -7.05. The summed E-state index contributed by atoms with van der Waals surface area (Å²) in [6.45, 7) is 20.1. The third kappa shape index (κ3) is 7.98. The SMILES string of the molecule is CC(C)(C)c1ccc(-c2c3nc(c(-c4ccc(C(C)(C)C)cc4)c4ccc([nH]4)c(-c4ccc(C(C)(C)C)cc4)c4nc(c(-c5ccc(C(=O)O)cc5)c5ccc2[nH]5)C=C4)C=C3)cc1. The number of benzene rings is 4. The molecule has 5 heterocycles. The largest absolute Gasteiger partial charge is 0.478 e. The van der Waals surface area contributed by atoms with Crippen LogP contribution >= 0.6 is 0 Å². The van der Waals surface area contributed by atoms with Crippen molar-refractivity contribution in [2.45, 2.75) is 78.6 Å². The van der Waals surface area contributed by atoms with Crippen molar-refractivity contribution in [1.82, 2.24) is 19.9 Å². The van der Waals surface area contributed by atoms with Gasteiger partial charge in [-0.05, 0) is 116 Å². The van der Waals surface area contributed by atoms with Gasteiger partial charge in [0.2, 0.25) is 0 Å². The Kier molecular flexibility index (Phi) is 10.1. The van der Waals surface area contributed by atoms with E-state index in [0.29, 0.717) is 0 Å². The van der Waals surface area contributed by atoms with Gasteiger partial charge in [-0.1, -0.05) is 147 Å². The van der Waals surface area contributed by atoms with E-state index >= 15 is 0 Å². The fraction of sp³-hybridized carbons (Fsp3) is 0.211. The summed E-state index contributed by atoms with van der Waals surface area (Å²) in [5.41, 5.74) is 18.7. The van der Waals surface area contributed by atoms with Crippen molar-refractivity contribution in [1.29, 1.82) is 0 Å². The maximum atomic E-state index is 12.0. The number of aromatic amines is 2. The van der Waals surface area contributed by atoms with Crippen molar-refractivity contribution in [3.05, 3.63) is 166 Å². The molecule has 0 saturated carbocycles. The third-order valence-corrected chi connectivity index (χ3v) is 12.3. The Morgan fingerprint density at radius 1 is 0.381 bits per heavy atom. The molecule has 0 spiro atoms. The number of carbonyl (C=O) groups is 1. The van der Waals surface area contributed by atoms with Crippen molar-refractivity contribution < 1.29 is 9.90 Å². The fourth-order valence-electron chi connectivity index (χ4n) is 8.61. The van der Waals surface area contributed by atoms with Crippen LogP contribution in [0, 0.1) is 0 Å². The van der Waals surface area contributed by atoms with Crippen molar-refractivity contribution in [2.75, 3.05) is 0 Å². The zero-order valence-corrected chi connectivity index (χ0v) is 37.6. The first kappa shape index (κ1) is 41.3. The van der Waals surface area contributed by atoms with E-state index in [9.17, 15) is 9.90 Å². The number of aromatic nitrogens is 4. The maximum Gasteiger partial charge on any atom is 0.335 e. The van der Waals surface area contributed by atoms with E-state index in [2.05, 4.69) is 194 Å². The molecule has 63 heavy (non-hydrogen) atoms. The predicted octanol–water partition coefficient (Wildman–Crippen LogP) is 14.9. The van der Waals surface area contributed by atoms with Gasteiger partial charge < -0.3 is 15.1 Å². The van der Waals surface area contributed by atoms with E-state index in [0.717, 1.165) is 89.4 Å². The first-order valence-electron chi connectivity index (χ1n) is 21.8. The van der Waals surface area contributed by atoms with Crippen LogP contribution in [-0.4, -0.2) is 31.0 Å². The van der Waals surface area contributed by atoms with E-state index in [1.54, 1.807) is 12.1 Å². The quantitative estimate of drug-likeness (QED) is 0.161. The summed E-state index contributed by atoms with van der Waals surface area (Å²) >= 11 is 0. The predicted molar refractivity (Wildman–Crippen MR) is 264 cm³/mol. The van der Waals surface area contributed by atoms with Crippen molar-refractivity contribution in [3.8, 4) is 44.5 Å². The molecule has 2 aliphatic rings.